The molecule has 1 fully saturated rings. The molecule has 1 saturated carbocycles. The van der Waals surface area contributed by atoms with Crippen LogP contribution >= 0.6 is 11.3 Å². The van der Waals surface area contributed by atoms with E-state index >= 15 is 0 Å². The van der Waals surface area contributed by atoms with E-state index in [0.29, 0.717) is 29.5 Å². The number of nitrogens with one attached hydrogen (secondary N) is 1. The van der Waals surface area contributed by atoms with Crippen molar-refractivity contribution < 1.29 is 14.3 Å². The van der Waals surface area contributed by atoms with Crippen LogP contribution in [0, 0.1) is 5.92 Å². The van der Waals surface area contributed by atoms with E-state index in [1.807, 2.05) is 24.3 Å². The second kappa shape index (κ2) is 9.17. The summed E-state index contributed by atoms with van der Waals surface area (Å²) in [6, 6.07) is 7.73. The summed E-state index contributed by atoms with van der Waals surface area (Å²) in [5.41, 5.74) is 0.496. The van der Waals surface area contributed by atoms with E-state index in [4.69, 9.17) is 4.74 Å². The summed E-state index contributed by atoms with van der Waals surface area (Å²) in [6.07, 6.45) is 8.33. The third-order valence-corrected chi connectivity index (χ3v) is 6.12. The molecule has 2 aromatic rings. The normalized spacial score (nSPS) is 14.7. The van der Waals surface area contributed by atoms with Crippen molar-refractivity contribution in [2.75, 3.05) is 11.9 Å². The van der Waals surface area contributed by atoms with Gasteiger partial charge in [-0.05, 0) is 24.8 Å². The van der Waals surface area contributed by atoms with Crippen molar-refractivity contribution in [3.63, 3.8) is 0 Å². The number of thiophene rings is 1. The fourth-order valence-corrected chi connectivity index (χ4v) is 4.65. The number of unbranched alkanes of at least 4 members (excludes halogenated alkanes) is 1. The third kappa shape index (κ3) is 4.64. The number of rotatable bonds is 8. The lowest BCUT2D eigenvalue weighted by Gasteiger charge is -2.10. The molecule has 26 heavy (non-hydrogen) atoms. The molecule has 3 rings (SSSR count). The first kappa shape index (κ1) is 18.9. The molecule has 1 heterocycles. The molecule has 0 aliphatic heterocycles. The van der Waals surface area contributed by atoms with Crippen LogP contribution in [0.5, 0.6) is 0 Å². The van der Waals surface area contributed by atoms with Crippen LogP contribution in [0.4, 0.5) is 5.00 Å². The molecule has 1 aromatic carbocycles. The van der Waals surface area contributed by atoms with Gasteiger partial charge in [0, 0.05) is 16.5 Å². The van der Waals surface area contributed by atoms with Gasteiger partial charge in [0.05, 0.1) is 6.61 Å². The van der Waals surface area contributed by atoms with Crippen molar-refractivity contribution in [2.45, 2.75) is 58.3 Å². The monoisotopic (exact) mass is 373 g/mol. The van der Waals surface area contributed by atoms with Gasteiger partial charge >= 0.3 is 5.97 Å². The number of carbonyl (C=O) groups excluding carboxylic acids is 2. The fourth-order valence-electron chi connectivity index (χ4n) is 3.54. The molecule has 1 aliphatic carbocycles. The van der Waals surface area contributed by atoms with Crippen LogP contribution in [0.2, 0.25) is 0 Å². The summed E-state index contributed by atoms with van der Waals surface area (Å²) in [7, 11) is 0. The van der Waals surface area contributed by atoms with Crippen molar-refractivity contribution >= 4 is 38.3 Å². The molecular weight excluding hydrogens is 346 g/mol. The highest BCUT2D eigenvalue weighted by atomic mass is 32.1. The van der Waals surface area contributed by atoms with Crippen LogP contribution in [0.25, 0.3) is 10.1 Å². The maximum atomic E-state index is 12.6. The SMILES string of the molecule is CCCCOC(=O)c1c(NC(=O)CCC2CCCC2)sc2ccccc12. The van der Waals surface area contributed by atoms with Crippen molar-refractivity contribution in [1.29, 1.82) is 0 Å². The Morgan fingerprint density at radius 1 is 1.23 bits per heavy atom. The highest BCUT2D eigenvalue weighted by Crippen LogP contribution is 2.36. The Balaban J connectivity index is 1.72. The Morgan fingerprint density at radius 3 is 2.77 bits per heavy atom. The fraction of sp³-hybridized carbons (Fsp3) is 0.524. The van der Waals surface area contributed by atoms with E-state index in [1.54, 1.807) is 0 Å². The minimum atomic E-state index is -0.345. The molecule has 1 aromatic heterocycles. The Labute approximate surface area is 158 Å². The van der Waals surface area contributed by atoms with E-state index in [-0.39, 0.29) is 11.9 Å². The molecule has 0 atom stereocenters. The molecule has 140 valence electrons. The zero-order chi connectivity index (χ0) is 18.4. The molecule has 0 radical (unpaired) electrons. The van der Waals surface area contributed by atoms with Gasteiger partial charge in [0.25, 0.3) is 0 Å². The topological polar surface area (TPSA) is 55.4 Å². The highest BCUT2D eigenvalue weighted by Gasteiger charge is 2.22. The number of hydrogen-bond acceptors (Lipinski definition) is 4. The van der Waals surface area contributed by atoms with Gasteiger partial charge in [-0.25, -0.2) is 4.79 Å². The van der Waals surface area contributed by atoms with Gasteiger partial charge < -0.3 is 10.1 Å². The summed E-state index contributed by atoms with van der Waals surface area (Å²) in [5.74, 6) is 0.328. The van der Waals surface area contributed by atoms with Gasteiger partial charge in [-0.15, -0.1) is 11.3 Å². The van der Waals surface area contributed by atoms with Crippen LogP contribution < -0.4 is 5.32 Å². The predicted octanol–water partition coefficient (Wildman–Crippen LogP) is 5.77. The summed E-state index contributed by atoms with van der Waals surface area (Å²) >= 11 is 1.45. The molecular formula is C21H27NO3S. The van der Waals surface area contributed by atoms with Gasteiger partial charge in [0.2, 0.25) is 5.91 Å². The van der Waals surface area contributed by atoms with Crippen LogP contribution in [0.1, 0.15) is 68.6 Å². The second-order valence-corrected chi connectivity index (χ2v) is 8.08. The molecule has 0 unspecified atom stereocenters. The molecule has 0 spiro atoms. The zero-order valence-corrected chi connectivity index (χ0v) is 16.2. The van der Waals surface area contributed by atoms with Crippen LogP contribution in [0.3, 0.4) is 0 Å². The first-order valence-corrected chi connectivity index (χ1v) is 10.5. The van der Waals surface area contributed by atoms with E-state index in [2.05, 4.69) is 12.2 Å². The average molecular weight is 374 g/mol. The lowest BCUT2D eigenvalue weighted by molar-refractivity contribution is -0.116. The minimum absolute atomic E-state index is 0.00827. The molecule has 0 bridgehead atoms. The standard InChI is InChI=1S/C21H27NO3S/c1-2-3-14-25-21(24)19-16-10-6-7-11-17(16)26-20(19)22-18(23)13-12-15-8-4-5-9-15/h6-7,10-11,15H,2-5,8-9,12-14H2,1H3,(H,22,23). The van der Waals surface area contributed by atoms with Gasteiger partial charge in [-0.1, -0.05) is 57.2 Å². The summed E-state index contributed by atoms with van der Waals surface area (Å²) in [6.45, 7) is 2.47. The van der Waals surface area contributed by atoms with E-state index in [1.165, 1.54) is 37.0 Å². The van der Waals surface area contributed by atoms with Gasteiger partial charge in [0.15, 0.2) is 0 Å². The quantitative estimate of drug-likeness (QED) is 0.472. The first-order valence-electron chi connectivity index (χ1n) is 9.67. The number of carbonyl (C=O) groups is 2. The second-order valence-electron chi connectivity index (χ2n) is 7.03. The third-order valence-electron chi connectivity index (χ3n) is 5.04. The molecule has 0 saturated heterocycles. The van der Waals surface area contributed by atoms with Crippen molar-refractivity contribution in [3.05, 3.63) is 29.8 Å². The van der Waals surface area contributed by atoms with E-state index in [0.717, 1.165) is 29.3 Å². The van der Waals surface area contributed by atoms with Crippen molar-refractivity contribution in [2.24, 2.45) is 5.92 Å². The highest BCUT2D eigenvalue weighted by molar-refractivity contribution is 7.23. The zero-order valence-electron chi connectivity index (χ0n) is 15.4. The number of fused-ring (bicyclic) bond motifs is 1. The van der Waals surface area contributed by atoms with E-state index in [9.17, 15) is 9.59 Å². The summed E-state index contributed by atoms with van der Waals surface area (Å²) in [4.78, 5) is 25.0. The Morgan fingerprint density at radius 2 is 2.00 bits per heavy atom. The number of ether oxygens (including phenoxy) is 1. The molecule has 4 nitrogen and oxygen atoms in total. The van der Waals surface area contributed by atoms with Gasteiger partial charge in [-0.2, -0.15) is 0 Å². The maximum Gasteiger partial charge on any atom is 0.341 e. The average Bonchev–Trinajstić information content (AvgIpc) is 3.27. The number of amides is 1. The van der Waals surface area contributed by atoms with Crippen LogP contribution in [0.15, 0.2) is 24.3 Å². The smallest absolute Gasteiger partial charge is 0.341 e. The largest absolute Gasteiger partial charge is 0.462 e. The molecule has 1 N–H and O–H groups in total. The number of benzene rings is 1. The Bertz CT molecular complexity index is 762. The lowest BCUT2D eigenvalue weighted by Crippen LogP contribution is -2.15. The molecule has 1 aliphatic rings. The van der Waals surface area contributed by atoms with Gasteiger partial charge in [-0.3, -0.25) is 4.79 Å². The van der Waals surface area contributed by atoms with Gasteiger partial charge in [0.1, 0.15) is 10.6 Å². The minimum Gasteiger partial charge on any atom is -0.462 e. The van der Waals surface area contributed by atoms with Crippen molar-refractivity contribution in [1.82, 2.24) is 0 Å². The van der Waals surface area contributed by atoms with Crippen LogP contribution in [-0.2, 0) is 9.53 Å². The number of esters is 1. The predicted molar refractivity (Wildman–Crippen MR) is 107 cm³/mol. The summed E-state index contributed by atoms with van der Waals surface area (Å²) in [5, 5.41) is 4.44. The lowest BCUT2D eigenvalue weighted by atomic mass is 10.0. The maximum absolute atomic E-state index is 12.6. The Hall–Kier alpha value is -1.88. The van der Waals surface area contributed by atoms with Crippen LogP contribution in [-0.4, -0.2) is 18.5 Å². The van der Waals surface area contributed by atoms with E-state index < -0.39 is 0 Å². The first-order chi connectivity index (χ1) is 12.7. The number of anilines is 1. The molecule has 1 amide bonds. The summed E-state index contributed by atoms with van der Waals surface area (Å²) < 4.78 is 6.40. The van der Waals surface area contributed by atoms with Crippen molar-refractivity contribution in [3.8, 4) is 0 Å². The Kier molecular flexibility index (Phi) is 6.67. The molecule has 5 heteroatoms. The number of hydrogen-bond donors (Lipinski definition) is 1.